The summed E-state index contributed by atoms with van der Waals surface area (Å²) in [5.41, 5.74) is -0.0832. The first-order valence-electron chi connectivity index (χ1n) is 6.16. The topological polar surface area (TPSA) is 76.4 Å². The molecule has 0 saturated carbocycles. The number of fused-ring (bicyclic) bond motifs is 1. The molecule has 0 spiro atoms. The molecule has 2 heterocycles. The van der Waals surface area contributed by atoms with Gasteiger partial charge in [0.1, 0.15) is 22.4 Å². The maximum absolute atomic E-state index is 13.2. The fourth-order valence-corrected chi connectivity index (χ4v) is 3.21. The Morgan fingerprint density at radius 2 is 1.82 bits per heavy atom. The van der Waals surface area contributed by atoms with Crippen molar-refractivity contribution in [3.05, 3.63) is 54.0 Å². The standard InChI is InChI=1S/C13H10F2N4O2S/c1-8-16-17-13-12(3-2-4-19(8)13)22(20,21)18-11-6-9(14)5-10(15)7-11/h2-7,18H,1H3. The first kappa shape index (κ1) is 14.4. The lowest BCUT2D eigenvalue weighted by Crippen LogP contribution is -2.14. The van der Waals surface area contributed by atoms with Crippen LogP contribution >= 0.6 is 0 Å². The van der Waals surface area contributed by atoms with Crippen molar-refractivity contribution in [3.63, 3.8) is 0 Å². The molecule has 0 aliphatic rings. The number of anilines is 1. The van der Waals surface area contributed by atoms with Crippen LogP contribution in [-0.2, 0) is 10.0 Å². The molecule has 0 saturated heterocycles. The van der Waals surface area contributed by atoms with E-state index >= 15 is 0 Å². The van der Waals surface area contributed by atoms with Crippen molar-refractivity contribution in [1.29, 1.82) is 0 Å². The smallest absolute Gasteiger partial charge is 0.265 e. The molecule has 0 bridgehead atoms. The molecule has 0 aliphatic heterocycles. The van der Waals surface area contributed by atoms with E-state index in [1.54, 1.807) is 13.1 Å². The van der Waals surface area contributed by atoms with Gasteiger partial charge < -0.3 is 0 Å². The van der Waals surface area contributed by atoms with E-state index in [-0.39, 0.29) is 16.2 Å². The first-order chi connectivity index (χ1) is 10.4. The van der Waals surface area contributed by atoms with Gasteiger partial charge in [-0.1, -0.05) is 0 Å². The molecule has 0 radical (unpaired) electrons. The Bertz CT molecular complexity index is 949. The Morgan fingerprint density at radius 3 is 2.50 bits per heavy atom. The van der Waals surface area contributed by atoms with Crippen LogP contribution in [0.4, 0.5) is 14.5 Å². The summed E-state index contributed by atoms with van der Waals surface area (Å²) in [6, 6.07) is 5.28. The van der Waals surface area contributed by atoms with Gasteiger partial charge in [-0.15, -0.1) is 10.2 Å². The lowest BCUT2D eigenvalue weighted by atomic mass is 10.3. The predicted octanol–water partition coefficient (Wildman–Crippen LogP) is 2.12. The zero-order chi connectivity index (χ0) is 15.9. The van der Waals surface area contributed by atoms with Crippen molar-refractivity contribution in [3.8, 4) is 0 Å². The molecule has 0 unspecified atom stereocenters. The van der Waals surface area contributed by atoms with E-state index in [0.29, 0.717) is 11.9 Å². The van der Waals surface area contributed by atoms with Crippen molar-refractivity contribution < 1.29 is 17.2 Å². The van der Waals surface area contributed by atoms with Crippen molar-refractivity contribution in [2.24, 2.45) is 0 Å². The molecule has 6 nitrogen and oxygen atoms in total. The van der Waals surface area contributed by atoms with Crippen LogP contribution in [-0.4, -0.2) is 23.0 Å². The quantitative estimate of drug-likeness (QED) is 0.800. The largest absolute Gasteiger partial charge is 0.286 e. The summed E-state index contributed by atoms with van der Waals surface area (Å²) < 4.78 is 54.8. The van der Waals surface area contributed by atoms with Gasteiger partial charge >= 0.3 is 0 Å². The molecule has 0 atom stereocenters. The third kappa shape index (κ3) is 2.50. The molecule has 114 valence electrons. The van der Waals surface area contributed by atoms with Crippen molar-refractivity contribution in [1.82, 2.24) is 14.6 Å². The number of aryl methyl sites for hydroxylation is 1. The minimum atomic E-state index is -4.07. The number of hydrogen-bond donors (Lipinski definition) is 1. The van der Waals surface area contributed by atoms with Crippen LogP contribution in [0, 0.1) is 18.6 Å². The number of nitrogens with zero attached hydrogens (tertiary/aromatic N) is 3. The van der Waals surface area contributed by atoms with Gasteiger partial charge in [0.2, 0.25) is 0 Å². The minimum absolute atomic E-state index is 0.129. The van der Waals surface area contributed by atoms with E-state index in [1.165, 1.54) is 16.5 Å². The lowest BCUT2D eigenvalue weighted by Gasteiger charge is -2.09. The predicted molar refractivity (Wildman–Crippen MR) is 74.9 cm³/mol. The van der Waals surface area contributed by atoms with E-state index in [1.807, 2.05) is 0 Å². The number of halogens is 2. The highest BCUT2D eigenvalue weighted by molar-refractivity contribution is 7.93. The van der Waals surface area contributed by atoms with Crippen LogP contribution in [0.25, 0.3) is 5.65 Å². The summed E-state index contributed by atoms with van der Waals surface area (Å²) >= 11 is 0. The van der Waals surface area contributed by atoms with Crippen molar-refractivity contribution in [2.45, 2.75) is 11.8 Å². The van der Waals surface area contributed by atoms with Gasteiger partial charge in [-0.05, 0) is 31.2 Å². The van der Waals surface area contributed by atoms with Gasteiger partial charge in [0, 0.05) is 12.3 Å². The Balaban J connectivity index is 2.08. The van der Waals surface area contributed by atoms with E-state index in [2.05, 4.69) is 14.9 Å². The Kier molecular flexibility index (Phi) is 3.28. The number of aromatic nitrogens is 3. The molecule has 0 aliphatic carbocycles. The normalized spacial score (nSPS) is 11.8. The second kappa shape index (κ2) is 5.02. The number of hydrogen-bond acceptors (Lipinski definition) is 4. The molecule has 3 rings (SSSR count). The van der Waals surface area contributed by atoms with Gasteiger partial charge in [-0.25, -0.2) is 17.2 Å². The monoisotopic (exact) mass is 324 g/mol. The van der Waals surface area contributed by atoms with Crippen LogP contribution in [0.1, 0.15) is 5.82 Å². The van der Waals surface area contributed by atoms with Gasteiger partial charge in [0.25, 0.3) is 10.0 Å². The first-order valence-corrected chi connectivity index (χ1v) is 7.64. The third-order valence-corrected chi connectivity index (χ3v) is 4.38. The maximum atomic E-state index is 13.2. The molecule has 3 aromatic rings. The molecule has 1 N–H and O–H groups in total. The minimum Gasteiger partial charge on any atom is -0.286 e. The number of pyridine rings is 1. The summed E-state index contributed by atoms with van der Waals surface area (Å²) in [4.78, 5) is -0.139. The fraction of sp³-hybridized carbons (Fsp3) is 0.0769. The number of nitrogens with one attached hydrogen (secondary N) is 1. The third-order valence-electron chi connectivity index (χ3n) is 2.97. The number of sulfonamides is 1. The molecule has 1 aromatic carbocycles. The maximum Gasteiger partial charge on any atom is 0.265 e. The second-order valence-corrected chi connectivity index (χ2v) is 6.23. The molecule has 2 aromatic heterocycles. The Hall–Kier alpha value is -2.55. The van der Waals surface area contributed by atoms with Crippen LogP contribution < -0.4 is 4.72 Å². The summed E-state index contributed by atoms with van der Waals surface area (Å²) in [7, 11) is -4.07. The molecule has 0 amide bonds. The molecule has 9 heteroatoms. The summed E-state index contributed by atoms with van der Waals surface area (Å²) in [6.07, 6.45) is 1.62. The molecule has 0 fully saturated rings. The Labute approximate surface area is 124 Å². The number of rotatable bonds is 3. The van der Waals surface area contributed by atoms with Crippen LogP contribution in [0.2, 0.25) is 0 Å². The highest BCUT2D eigenvalue weighted by Crippen LogP contribution is 2.21. The highest BCUT2D eigenvalue weighted by atomic mass is 32.2. The second-order valence-electron chi connectivity index (χ2n) is 4.58. The summed E-state index contributed by atoms with van der Waals surface area (Å²) in [5, 5.41) is 7.61. The SMILES string of the molecule is Cc1nnc2c(S(=O)(=O)Nc3cc(F)cc(F)c3)cccn12. The summed E-state index contributed by atoms with van der Waals surface area (Å²) in [5.74, 6) is -1.24. The van der Waals surface area contributed by atoms with Gasteiger partial charge in [0.05, 0.1) is 5.69 Å². The number of benzene rings is 1. The van der Waals surface area contributed by atoms with E-state index in [0.717, 1.165) is 12.1 Å². The van der Waals surface area contributed by atoms with Crippen LogP contribution in [0.5, 0.6) is 0 Å². The van der Waals surface area contributed by atoms with Crippen LogP contribution in [0.3, 0.4) is 0 Å². The van der Waals surface area contributed by atoms with E-state index < -0.39 is 21.7 Å². The Morgan fingerprint density at radius 1 is 1.14 bits per heavy atom. The molecular formula is C13H10F2N4O2S. The van der Waals surface area contributed by atoms with E-state index in [9.17, 15) is 17.2 Å². The van der Waals surface area contributed by atoms with Crippen molar-refractivity contribution in [2.75, 3.05) is 4.72 Å². The van der Waals surface area contributed by atoms with Gasteiger partial charge in [0.15, 0.2) is 5.65 Å². The lowest BCUT2D eigenvalue weighted by molar-refractivity contribution is 0.584. The highest BCUT2D eigenvalue weighted by Gasteiger charge is 2.20. The average Bonchev–Trinajstić information content (AvgIpc) is 2.79. The molecular weight excluding hydrogens is 314 g/mol. The van der Waals surface area contributed by atoms with Crippen molar-refractivity contribution >= 4 is 21.4 Å². The van der Waals surface area contributed by atoms with Gasteiger partial charge in [-0.3, -0.25) is 9.12 Å². The average molecular weight is 324 g/mol. The summed E-state index contributed by atoms with van der Waals surface area (Å²) in [6.45, 7) is 1.67. The molecule has 22 heavy (non-hydrogen) atoms. The van der Waals surface area contributed by atoms with Crippen LogP contribution in [0.15, 0.2) is 41.4 Å². The zero-order valence-corrected chi connectivity index (χ0v) is 12.1. The zero-order valence-electron chi connectivity index (χ0n) is 11.3. The van der Waals surface area contributed by atoms with E-state index in [4.69, 9.17) is 0 Å². The fourth-order valence-electron chi connectivity index (χ4n) is 2.04. The van der Waals surface area contributed by atoms with Gasteiger partial charge in [-0.2, -0.15) is 0 Å².